The molecule has 0 unspecified atom stereocenters. The van der Waals surface area contributed by atoms with Gasteiger partial charge in [-0.15, -0.1) is 0 Å². The molecule has 1 aliphatic rings. The number of rotatable bonds is 5. The quantitative estimate of drug-likeness (QED) is 0.880. The van der Waals surface area contributed by atoms with Crippen LogP contribution in [0.1, 0.15) is 12.8 Å². The third kappa shape index (κ3) is 3.72. The van der Waals surface area contributed by atoms with Gasteiger partial charge in [-0.2, -0.15) is 5.10 Å². The highest BCUT2D eigenvalue weighted by Gasteiger charge is 2.15. The second kappa shape index (κ2) is 7.20. The first-order valence-electron chi connectivity index (χ1n) is 7.54. The van der Waals surface area contributed by atoms with Crippen molar-refractivity contribution in [1.29, 1.82) is 0 Å². The average molecular weight is 300 g/mol. The van der Waals surface area contributed by atoms with E-state index in [0.29, 0.717) is 0 Å². The van der Waals surface area contributed by atoms with Crippen molar-refractivity contribution in [3.63, 3.8) is 0 Å². The second-order valence-electron chi connectivity index (χ2n) is 5.28. The number of hydrogen-bond acceptors (Lipinski definition) is 4. The number of piperidine rings is 1. The maximum absolute atomic E-state index is 12.1. The average Bonchev–Trinajstić information content (AvgIpc) is 3.09. The molecule has 0 aliphatic carbocycles. The molecule has 1 fully saturated rings. The molecule has 2 heterocycles. The van der Waals surface area contributed by atoms with Crippen molar-refractivity contribution >= 4 is 11.6 Å². The molecule has 6 heteroatoms. The topological polar surface area (TPSA) is 68.2 Å². The molecule has 1 amide bonds. The lowest BCUT2D eigenvalue weighted by atomic mass is 10.1. The van der Waals surface area contributed by atoms with Gasteiger partial charge in [0.05, 0.1) is 17.5 Å². The van der Waals surface area contributed by atoms with Gasteiger partial charge in [-0.1, -0.05) is 12.1 Å². The van der Waals surface area contributed by atoms with Crippen LogP contribution in [0.2, 0.25) is 0 Å². The summed E-state index contributed by atoms with van der Waals surface area (Å²) in [6.07, 6.45) is 5.64. The van der Waals surface area contributed by atoms with Gasteiger partial charge in [0.25, 0.3) is 0 Å². The summed E-state index contributed by atoms with van der Waals surface area (Å²) in [5.74, 6) is -0.141. The van der Waals surface area contributed by atoms with E-state index in [1.807, 2.05) is 36.5 Å². The molecule has 1 aromatic heterocycles. The summed E-state index contributed by atoms with van der Waals surface area (Å²) in [5.41, 5.74) is 1.56. The van der Waals surface area contributed by atoms with Crippen molar-refractivity contribution in [1.82, 2.24) is 15.1 Å². The molecule has 2 aromatic rings. The summed E-state index contributed by atoms with van der Waals surface area (Å²) in [6.45, 7) is 1.99. The minimum Gasteiger partial charge on any atom is -0.368 e. The molecular formula is C16H20N4O2. The highest BCUT2D eigenvalue weighted by atomic mass is 16.5. The van der Waals surface area contributed by atoms with E-state index in [4.69, 9.17) is 4.74 Å². The number of anilines is 1. The summed E-state index contributed by atoms with van der Waals surface area (Å²) in [4.78, 5) is 12.1. The molecule has 1 saturated heterocycles. The maximum atomic E-state index is 12.1. The van der Waals surface area contributed by atoms with E-state index < -0.39 is 0 Å². The number of aromatic nitrogens is 2. The molecule has 116 valence electrons. The van der Waals surface area contributed by atoms with Crippen LogP contribution in [0, 0.1) is 0 Å². The summed E-state index contributed by atoms with van der Waals surface area (Å²) in [5, 5.41) is 10.4. The summed E-state index contributed by atoms with van der Waals surface area (Å²) in [7, 11) is 0. The molecule has 2 N–H and O–H groups in total. The van der Waals surface area contributed by atoms with Crippen LogP contribution in [0.5, 0.6) is 0 Å². The monoisotopic (exact) mass is 300 g/mol. The van der Waals surface area contributed by atoms with Crippen molar-refractivity contribution in [2.75, 3.05) is 25.0 Å². The zero-order chi connectivity index (χ0) is 15.2. The van der Waals surface area contributed by atoms with Crippen molar-refractivity contribution in [2.45, 2.75) is 18.9 Å². The number of benzene rings is 1. The summed E-state index contributed by atoms with van der Waals surface area (Å²) >= 11 is 0. The van der Waals surface area contributed by atoms with Crippen LogP contribution in [-0.4, -0.2) is 41.5 Å². The van der Waals surface area contributed by atoms with E-state index in [-0.39, 0.29) is 18.6 Å². The summed E-state index contributed by atoms with van der Waals surface area (Å²) in [6, 6.07) is 9.42. The van der Waals surface area contributed by atoms with Crippen LogP contribution >= 0.6 is 0 Å². The molecule has 0 atom stereocenters. The first-order valence-corrected chi connectivity index (χ1v) is 7.54. The van der Waals surface area contributed by atoms with E-state index in [2.05, 4.69) is 15.7 Å². The van der Waals surface area contributed by atoms with Gasteiger partial charge in [-0.25, -0.2) is 4.68 Å². The van der Waals surface area contributed by atoms with Gasteiger partial charge in [0.2, 0.25) is 5.91 Å². The lowest BCUT2D eigenvalue weighted by Gasteiger charge is -2.22. The van der Waals surface area contributed by atoms with E-state index in [1.165, 1.54) is 0 Å². The standard InChI is InChI=1S/C16H20N4O2/c21-16(12-22-13-6-9-17-10-7-13)19-14-4-1-2-5-15(14)20-11-3-8-18-20/h1-5,8,11,13,17H,6-7,9-10,12H2,(H,19,21). The number of hydrogen-bond donors (Lipinski definition) is 2. The van der Waals surface area contributed by atoms with Crippen LogP contribution in [0.15, 0.2) is 42.7 Å². The van der Waals surface area contributed by atoms with E-state index in [1.54, 1.807) is 10.9 Å². The molecule has 0 saturated carbocycles. The Balaban J connectivity index is 1.59. The lowest BCUT2D eigenvalue weighted by molar-refractivity contribution is -0.123. The molecule has 3 rings (SSSR count). The van der Waals surface area contributed by atoms with Gasteiger partial charge in [-0.05, 0) is 44.1 Å². The molecule has 22 heavy (non-hydrogen) atoms. The highest BCUT2D eigenvalue weighted by molar-refractivity contribution is 5.93. The van der Waals surface area contributed by atoms with Crippen LogP contribution in [0.4, 0.5) is 5.69 Å². The fourth-order valence-electron chi connectivity index (χ4n) is 2.53. The Hall–Kier alpha value is -2.18. The zero-order valence-corrected chi connectivity index (χ0v) is 12.4. The first kappa shape index (κ1) is 14.7. The predicted octanol–water partition coefficient (Wildman–Crippen LogP) is 1.58. The number of carbonyl (C=O) groups is 1. The third-order valence-electron chi connectivity index (χ3n) is 3.67. The van der Waals surface area contributed by atoms with Gasteiger partial charge < -0.3 is 15.4 Å². The molecule has 0 spiro atoms. The number of nitrogens with zero attached hydrogens (tertiary/aromatic N) is 2. The fraction of sp³-hybridized carbons (Fsp3) is 0.375. The van der Waals surface area contributed by atoms with E-state index in [0.717, 1.165) is 37.3 Å². The van der Waals surface area contributed by atoms with Crippen LogP contribution in [0.3, 0.4) is 0 Å². The molecule has 1 aromatic carbocycles. The predicted molar refractivity (Wildman–Crippen MR) is 84.0 cm³/mol. The normalized spacial score (nSPS) is 15.6. The lowest BCUT2D eigenvalue weighted by Crippen LogP contribution is -2.34. The maximum Gasteiger partial charge on any atom is 0.250 e. The Morgan fingerprint density at radius 2 is 2.14 bits per heavy atom. The van der Waals surface area contributed by atoms with Crippen molar-refractivity contribution in [3.8, 4) is 5.69 Å². The van der Waals surface area contributed by atoms with Crippen LogP contribution in [0.25, 0.3) is 5.69 Å². The molecule has 0 radical (unpaired) electrons. The number of amides is 1. The van der Waals surface area contributed by atoms with Gasteiger partial charge in [0.15, 0.2) is 0 Å². The van der Waals surface area contributed by atoms with Gasteiger partial charge >= 0.3 is 0 Å². The minimum absolute atomic E-state index is 0.0815. The molecule has 6 nitrogen and oxygen atoms in total. The largest absolute Gasteiger partial charge is 0.368 e. The van der Waals surface area contributed by atoms with Crippen molar-refractivity contribution < 1.29 is 9.53 Å². The molecule has 0 bridgehead atoms. The number of nitrogens with one attached hydrogen (secondary N) is 2. The SMILES string of the molecule is O=C(COC1CCNCC1)Nc1ccccc1-n1cccn1. The Kier molecular flexibility index (Phi) is 4.82. The number of ether oxygens (including phenoxy) is 1. The van der Waals surface area contributed by atoms with Gasteiger partial charge in [0, 0.05) is 12.4 Å². The Morgan fingerprint density at radius 1 is 1.32 bits per heavy atom. The third-order valence-corrected chi connectivity index (χ3v) is 3.67. The highest BCUT2D eigenvalue weighted by Crippen LogP contribution is 2.19. The first-order chi connectivity index (χ1) is 10.8. The zero-order valence-electron chi connectivity index (χ0n) is 12.4. The molecular weight excluding hydrogens is 280 g/mol. The minimum atomic E-state index is -0.141. The van der Waals surface area contributed by atoms with Crippen LogP contribution in [-0.2, 0) is 9.53 Å². The fourth-order valence-corrected chi connectivity index (χ4v) is 2.53. The van der Waals surface area contributed by atoms with E-state index in [9.17, 15) is 4.79 Å². The number of para-hydroxylation sites is 2. The Bertz CT molecular complexity index is 606. The van der Waals surface area contributed by atoms with Gasteiger partial charge in [0.1, 0.15) is 6.61 Å². The second-order valence-corrected chi connectivity index (χ2v) is 5.28. The van der Waals surface area contributed by atoms with Crippen molar-refractivity contribution in [2.24, 2.45) is 0 Å². The van der Waals surface area contributed by atoms with E-state index >= 15 is 0 Å². The van der Waals surface area contributed by atoms with Crippen molar-refractivity contribution in [3.05, 3.63) is 42.7 Å². The number of carbonyl (C=O) groups excluding carboxylic acids is 1. The van der Waals surface area contributed by atoms with Crippen LogP contribution < -0.4 is 10.6 Å². The summed E-state index contributed by atoms with van der Waals surface area (Å²) < 4.78 is 7.40. The van der Waals surface area contributed by atoms with Gasteiger partial charge in [-0.3, -0.25) is 4.79 Å². The Labute approximate surface area is 129 Å². The Morgan fingerprint density at radius 3 is 2.91 bits per heavy atom. The smallest absolute Gasteiger partial charge is 0.250 e. The molecule has 1 aliphatic heterocycles.